The van der Waals surface area contributed by atoms with Crippen LogP contribution in [0.25, 0.3) is 33.2 Å². The summed E-state index contributed by atoms with van der Waals surface area (Å²) in [6, 6.07) is 12.1. The third-order valence-corrected chi connectivity index (χ3v) is 5.69. The molecule has 0 fully saturated rings. The highest BCUT2D eigenvalue weighted by molar-refractivity contribution is 5.90. The summed E-state index contributed by atoms with van der Waals surface area (Å²) in [4.78, 5) is 9.94. The van der Waals surface area contributed by atoms with Crippen LogP contribution in [-0.4, -0.2) is 38.4 Å². The number of benzene rings is 2. The van der Waals surface area contributed by atoms with Crippen LogP contribution in [0.2, 0.25) is 0 Å². The molecular formula is C24H22N2O4. The lowest BCUT2D eigenvalue weighted by atomic mass is 9.90. The molecule has 0 N–H and O–H groups in total. The first-order valence-electron chi connectivity index (χ1n) is 9.77. The molecule has 152 valence electrons. The van der Waals surface area contributed by atoms with Gasteiger partial charge in [0, 0.05) is 22.9 Å². The molecule has 2 aromatic heterocycles. The van der Waals surface area contributed by atoms with Crippen LogP contribution in [0.5, 0.6) is 23.0 Å². The predicted octanol–water partition coefficient (Wildman–Crippen LogP) is 4.58. The summed E-state index contributed by atoms with van der Waals surface area (Å²) in [5, 5.41) is 2.06. The molecule has 0 spiro atoms. The van der Waals surface area contributed by atoms with Crippen molar-refractivity contribution in [1.82, 2.24) is 9.97 Å². The smallest absolute Gasteiger partial charge is 0.162 e. The summed E-state index contributed by atoms with van der Waals surface area (Å²) in [6.07, 6.45) is 1.83. The number of ether oxygens (including phenoxy) is 4. The van der Waals surface area contributed by atoms with Crippen LogP contribution >= 0.6 is 0 Å². The van der Waals surface area contributed by atoms with Crippen molar-refractivity contribution in [1.29, 1.82) is 0 Å². The fourth-order valence-corrected chi connectivity index (χ4v) is 4.15. The molecule has 1 aliphatic rings. The molecule has 6 nitrogen and oxygen atoms in total. The van der Waals surface area contributed by atoms with E-state index in [2.05, 4.69) is 12.1 Å². The third-order valence-electron chi connectivity index (χ3n) is 5.69. The minimum absolute atomic E-state index is 0.664. The van der Waals surface area contributed by atoms with Gasteiger partial charge in [-0.15, -0.1) is 0 Å². The number of pyridine rings is 2. The summed E-state index contributed by atoms with van der Waals surface area (Å²) < 4.78 is 21.8. The van der Waals surface area contributed by atoms with Gasteiger partial charge in [0.25, 0.3) is 0 Å². The lowest BCUT2D eigenvalue weighted by molar-refractivity contribution is 0.356. The monoisotopic (exact) mass is 402 g/mol. The zero-order valence-corrected chi connectivity index (χ0v) is 17.4. The lowest BCUT2D eigenvalue weighted by Crippen LogP contribution is -2.08. The van der Waals surface area contributed by atoms with E-state index in [4.69, 9.17) is 28.9 Å². The molecule has 2 heterocycles. The van der Waals surface area contributed by atoms with Gasteiger partial charge < -0.3 is 18.9 Å². The van der Waals surface area contributed by atoms with E-state index in [1.54, 1.807) is 28.4 Å². The van der Waals surface area contributed by atoms with Gasteiger partial charge >= 0.3 is 0 Å². The fourth-order valence-electron chi connectivity index (χ4n) is 4.15. The van der Waals surface area contributed by atoms with Gasteiger partial charge in [-0.25, -0.2) is 9.97 Å². The molecule has 0 radical (unpaired) electrons. The summed E-state index contributed by atoms with van der Waals surface area (Å²) in [5.74, 6) is 2.73. The number of nitrogens with zero attached hydrogens (tertiary/aromatic N) is 2. The Morgan fingerprint density at radius 1 is 0.533 bits per heavy atom. The topological polar surface area (TPSA) is 62.7 Å². The molecule has 0 saturated heterocycles. The SMILES string of the molecule is COc1cc2cc3c(nc2cc1OC)-c1nc2cc(OC)c(OC)cc2cc1CC3. The third kappa shape index (κ3) is 2.79. The normalized spacial score (nSPS) is 12.4. The van der Waals surface area contributed by atoms with Crippen LogP contribution in [0.3, 0.4) is 0 Å². The summed E-state index contributed by atoms with van der Waals surface area (Å²) >= 11 is 0. The average molecular weight is 402 g/mol. The van der Waals surface area contributed by atoms with Gasteiger partial charge in [0.15, 0.2) is 23.0 Å². The van der Waals surface area contributed by atoms with Gasteiger partial charge in [-0.05, 0) is 48.2 Å². The van der Waals surface area contributed by atoms with Crippen molar-refractivity contribution >= 4 is 21.8 Å². The van der Waals surface area contributed by atoms with Crippen molar-refractivity contribution in [3.8, 4) is 34.4 Å². The number of rotatable bonds is 4. The highest BCUT2D eigenvalue weighted by atomic mass is 16.5. The van der Waals surface area contributed by atoms with Crippen molar-refractivity contribution in [3.05, 3.63) is 47.5 Å². The second-order valence-electron chi connectivity index (χ2n) is 7.29. The number of aryl methyl sites for hydroxylation is 2. The molecule has 0 amide bonds. The number of hydrogen-bond donors (Lipinski definition) is 0. The van der Waals surface area contributed by atoms with Crippen molar-refractivity contribution in [3.63, 3.8) is 0 Å². The zero-order chi connectivity index (χ0) is 20.8. The largest absolute Gasteiger partial charge is 0.493 e. The second-order valence-corrected chi connectivity index (χ2v) is 7.29. The second kappa shape index (κ2) is 7.06. The molecule has 0 unspecified atom stereocenters. The van der Waals surface area contributed by atoms with Gasteiger partial charge in [0.05, 0.1) is 50.9 Å². The maximum atomic E-state index is 5.46. The van der Waals surface area contributed by atoms with E-state index in [0.717, 1.165) is 46.0 Å². The molecule has 2 aromatic carbocycles. The molecule has 6 heteroatoms. The molecular weight excluding hydrogens is 380 g/mol. The average Bonchev–Trinajstić information content (AvgIpc) is 2.79. The van der Waals surface area contributed by atoms with E-state index >= 15 is 0 Å². The minimum atomic E-state index is 0.664. The first kappa shape index (κ1) is 18.5. The first-order chi connectivity index (χ1) is 14.6. The quantitative estimate of drug-likeness (QED) is 0.498. The van der Waals surface area contributed by atoms with E-state index in [1.807, 2.05) is 24.3 Å². The highest BCUT2D eigenvalue weighted by Gasteiger charge is 2.22. The standard InChI is InChI=1S/C24H22N2O4/c1-27-19-9-15-7-13-5-6-14-8-16-10-20(28-2)22(30-4)12-18(16)26-24(14)23(13)25-17(15)11-21(19)29-3/h7-12H,5-6H2,1-4H3. The number of hydrogen-bond acceptors (Lipinski definition) is 6. The molecule has 5 rings (SSSR count). The predicted molar refractivity (Wildman–Crippen MR) is 116 cm³/mol. The molecule has 0 bridgehead atoms. The van der Waals surface area contributed by atoms with Crippen LogP contribution < -0.4 is 18.9 Å². The first-order valence-corrected chi connectivity index (χ1v) is 9.77. The maximum absolute atomic E-state index is 5.46. The van der Waals surface area contributed by atoms with Gasteiger partial charge in [-0.1, -0.05) is 0 Å². The van der Waals surface area contributed by atoms with Crippen LogP contribution in [0, 0.1) is 0 Å². The van der Waals surface area contributed by atoms with Gasteiger partial charge in [0.1, 0.15) is 0 Å². The van der Waals surface area contributed by atoms with E-state index in [1.165, 1.54) is 11.1 Å². The van der Waals surface area contributed by atoms with Crippen LogP contribution in [0.1, 0.15) is 11.1 Å². The Balaban J connectivity index is 1.73. The van der Waals surface area contributed by atoms with E-state index in [0.29, 0.717) is 23.0 Å². The fraction of sp³-hybridized carbons (Fsp3) is 0.250. The Morgan fingerprint density at radius 3 is 1.27 bits per heavy atom. The summed E-state index contributed by atoms with van der Waals surface area (Å²) in [7, 11) is 6.55. The molecule has 4 aromatic rings. The van der Waals surface area contributed by atoms with E-state index < -0.39 is 0 Å². The van der Waals surface area contributed by atoms with Crippen LogP contribution in [-0.2, 0) is 12.8 Å². The number of methoxy groups -OCH3 is 4. The maximum Gasteiger partial charge on any atom is 0.162 e. The number of fused-ring (bicyclic) bond motifs is 5. The zero-order valence-electron chi connectivity index (χ0n) is 17.4. The van der Waals surface area contributed by atoms with Gasteiger partial charge in [0.2, 0.25) is 0 Å². The van der Waals surface area contributed by atoms with Gasteiger partial charge in [-0.3, -0.25) is 0 Å². The molecule has 30 heavy (non-hydrogen) atoms. The minimum Gasteiger partial charge on any atom is -0.493 e. The Bertz CT molecular complexity index is 1200. The molecule has 0 aliphatic heterocycles. The molecule has 0 atom stereocenters. The Labute approximate surface area is 174 Å². The Hall–Kier alpha value is -3.54. The Morgan fingerprint density at radius 2 is 0.900 bits per heavy atom. The van der Waals surface area contributed by atoms with Crippen molar-refractivity contribution in [2.75, 3.05) is 28.4 Å². The summed E-state index contributed by atoms with van der Waals surface area (Å²) in [6.45, 7) is 0. The highest BCUT2D eigenvalue weighted by Crippen LogP contribution is 2.39. The van der Waals surface area contributed by atoms with E-state index in [-0.39, 0.29) is 0 Å². The van der Waals surface area contributed by atoms with E-state index in [9.17, 15) is 0 Å². The Kier molecular flexibility index (Phi) is 4.35. The molecule has 1 aliphatic carbocycles. The van der Waals surface area contributed by atoms with Crippen molar-refractivity contribution in [2.24, 2.45) is 0 Å². The summed E-state index contributed by atoms with van der Waals surface area (Å²) in [5.41, 5.74) is 5.94. The van der Waals surface area contributed by atoms with Crippen molar-refractivity contribution < 1.29 is 18.9 Å². The molecule has 0 saturated carbocycles. The van der Waals surface area contributed by atoms with Crippen LogP contribution in [0.4, 0.5) is 0 Å². The van der Waals surface area contributed by atoms with Gasteiger partial charge in [-0.2, -0.15) is 0 Å². The number of aromatic nitrogens is 2. The van der Waals surface area contributed by atoms with Crippen LogP contribution in [0.15, 0.2) is 36.4 Å². The lowest BCUT2D eigenvalue weighted by Gasteiger charge is -2.20. The van der Waals surface area contributed by atoms with Crippen molar-refractivity contribution in [2.45, 2.75) is 12.8 Å².